The molecular formula is C15H21N3S2. The lowest BCUT2D eigenvalue weighted by atomic mass is 10.1. The zero-order chi connectivity index (χ0) is 13.9. The van der Waals surface area contributed by atoms with Gasteiger partial charge in [-0.3, -0.25) is 0 Å². The molecule has 5 heteroatoms. The molecule has 0 fully saturated rings. The van der Waals surface area contributed by atoms with Crippen LogP contribution in [-0.4, -0.2) is 18.1 Å². The average Bonchev–Trinajstić information content (AvgIpc) is 3.12. The second kappa shape index (κ2) is 6.24. The Morgan fingerprint density at radius 1 is 1.50 bits per heavy atom. The lowest BCUT2D eigenvalue weighted by Gasteiger charge is -2.26. The number of rotatable bonds is 5. The summed E-state index contributed by atoms with van der Waals surface area (Å²) in [7, 11) is 0. The first-order valence-electron chi connectivity index (χ1n) is 7.27. The molecule has 20 heavy (non-hydrogen) atoms. The second-order valence-electron chi connectivity index (χ2n) is 5.26. The minimum atomic E-state index is 0.405. The van der Waals surface area contributed by atoms with Crippen molar-refractivity contribution in [2.75, 3.05) is 18.0 Å². The first-order valence-corrected chi connectivity index (χ1v) is 8.97. The number of thiophene rings is 1. The van der Waals surface area contributed by atoms with Gasteiger partial charge in [0.05, 0.1) is 0 Å². The lowest BCUT2D eigenvalue weighted by Crippen LogP contribution is -2.29. The SMILES string of the molecule is CCCNC(C)c1cnc(N2CCc3sccc3C2)s1. The van der Waals surface area contributed by atoms with Crippen LogP contribution in [0.2, 0.25) is 0 Å². The monoisotopic (exact) mass is 307 g/mol. The highest BCUT2D eigenvalue weighted by atomic mass is 32.1. The van der Waals surface area contributed by atoms with Crippen LogP contribution in [0.25, 0.3) is 0 Å². The molecule has 1 N–H and O–H groups in total. The molecule has 0 saturated carbocycles. The summed E-state index contributed by atoms with van der Waals surface area (Å²) in [6.07, 6.45) is 4.37. The van der Waals surface area contributed by atoms with E-state index in [1.807, 2.05) is 28.9 Å². The summed E-state index contributed by atoms with van der Waals surface area (Å²) in [5.41, 5.74) is 1.48. The van der Waals surface area contributed by atoms with Gasteiger partial charge < -0.3 is 10.2 Å². The highest BCUT2D eigenvalue weighted by Crippen LogP contribution is 2.32. The number of nitrogens with zero attached hydrogens (tertiary/aromatic N) is 2. The topological polar surface area (TPSA) is 28.2 Å². The Morgan fingerprint density at radius 3 is 3.25 bits per heavy atom. The molecule has 0 aliphatic carbocycles. The summed E-state index contributed by atoms with van der Waals surface area (Å²) in [4.78, 5) is 9.94. The average molecular weight is 307 g/mol. The quantitative estimate of drug-likeness (QED) is 0.910. The molecule has 0 aromatic carbocycles. The summed E-state index contributed by atoms with van der Waals surface area (Å²) >= 11 is 3.72. The molecule has 3 heterocycles. The van der Waals surface area contributed by atoms with Crippen molar-refractivity contribution in [1.29, 1.82) is 0 Å². The number of fused-ring (bicyclic) bond motifs is 1. The van der Waals surface area contributed by atoms with E-state index in [1.54, 1.807) is 4.88 Å². The molecule has 1 aliphatic rings. The van der Waals surface area contributed by atoms with Crippen LogP contribution in [0.15, 0.2) is 17.6 Å². The third-order valence-electron chi connectivity index (χ3n) is 3.72. The van der Waals surface area contributed by atoms with Gasteiger partial charge in [0.25, 0.3) is 0 Å². The molecule has 3 nitrogen and oxygen atoms in total. The fraction of sp³-hybridized carbons (Fsp3) is 0.533. The molecular weight excluding hydrogens is 286 g/mol. The molecule has 1 aliphatic heterocycles. The van der Waals surface area contributed by atoms with E-state index in [4.69, 9.17) is 0 Å². The van der Waals surface area contributed by atoms with Gasteiger partial charge in [0, 0.05) is 35.1 Å². The molecule has 2 aromatic heterocycles. The Labute approximate surface area is 128 Å². The predicted octanol–water partition coefficient (Wildman–Crippen LogP) is 3.83. The maximum Gasteiger partial charge on any atom is 0.185 e. The second-order valence-corrected chi connectivity index (χ2v) is 7.30. The summed E-state index contributed by atoms with van der Waals surface area (Å²) in [5, 5.41) is 6.90. The molecule has 108 valence electrons. The lowest BCUT2D eigenvalue weighted by molar-refractivity contribution is 0.577. The number of hydrogen-bond acceptors (Lipinski definition) is 5. The van der Waals surface area contributed by atoms with Gasteiger partial charge in [0.2, 0.25) is 0 Å². The van der Waals surface area contributed by atoms with E-state index in [0.29, 0.717) is 6.04 Å². The van der Waals surface area contributed by atoms with Gasteiger partial charge in [0.1, 0.15) is 0 Å². The third kappa shape index (κ3) is 2.90. The number of thiazole rings is 1. The van der Waals surface area contributed by atoms with Crippen molar-refractivity contribution in [3.05, 3.63) is 33.0 Å². The first kappa shape index (κ1) is 14.0. The Hall–Kier alpha value is -0.910. The van der Waals surface area contributed by atoms with Crippen LogP contribution in [-0.2, 0) is 13.0 Å². The fourth-order valence-corrected chi connectivity index (χ4v) is 4.35. The van der Waals surface area contributed by atoms with E-state index in [1.165, 1.54) is 22.0 Å². The molecule has 1 atom stereocenters. The van der Waals surface area contributed by atoms with E-state index in [-0.39, 0.29) is 0 Å². The van der Waals surface area contributed by atoms with Crippen molar-refractivity contribution in [3.8, 4) is 0 Å². The first-order chi connectivity index (χ1) is 9.78. The predicted molar refractivity (Wildman–Crippen MR) is 87.9 cm³/mol. The van der Waals surface area contributed by atoms with Crippen LogP contribution >= 0.6 is 22.7 Å². The normalized spacial score (nSPS) is 16.2. The maximum atomic E-state index is 4.63. The van der Waals surface area contributed by atoms with Gasteiger partial charge in [-0.1, -0.05) is 6.92 Å². The van der Waals surface area contributed by atoms with Crippen LogP contribution in [0, 0.1) is 0 Å². The standard InChI is InChI=1S/C15H21N3S2/c1-3-6-16-11(2)14-9-17-15(20-14)18-7-4-13-12(10-18)5-8-19-13/h5,8-9,11,16H,3-4,6-7,10H2,1-2H3. The summed E-state index contributed by atoms with van der Waals surface area (Å²) in [5.74, 6) is 0. The van der Waals surface area contributed by atoms with Crippen molar-refractivity contribution in [2.24, 2.45) is 0 Å². The van der Waals surface area contributed by atoms with E-state index >= 15 is 0 Å². The zero-order valence-electron chi connectivity index (χ0n) is 12.1. The summed E-state index contributed by atoms with van der Waals surface area (Å²) < 4.78 is 0. The van der Waals surface area contributed by atoms with Crippen molar-refractivity contribution in [1.82, 2.24) is 10.3 Å². The van der Waals surface area contributed by atoms with E-state index < -0.39 is 0 Å². The van der Waals surface area contributed by atoms with Crippen LogP contribution in [0.1, 0.15) is 41.6 Å². The van der Waals surface area contributed by atoms with Crippen molar-refractivity contribution >= 4 is 27.8 Å². The van der Waals surface area contributed by atoms with Gasteiger partial charge in [0.15, 0.2) is 5.13 Å². The van der Waals surface area contributed by atoms with Crippen molar-refractivity contribution in [3.63, 3.8) is 0 Å². The fourth-order valence-electron chi connectivity index (χ4n) is 2.50. The summed E-state index contributed by atoms with van der Waals surface area (Å²) in [6.45, 7) is 7.60. The van der Waals surface area contributed by atoms with Gasteiger partial charge in [-0.15, -0.1) is 22.7 Å². The number of anilines is 1. The molecule has 0 bridgehead atoms. The van der Waals surface area contributed by atoms with Crippen LogP contribution < -0.4 is 10.2 Å². The highest BCUT2D eigenvalue weighted by Gasteiger charge is 2.20. The third-order valence-corrected chi connectivity index (χ3v) is 5.98. The Bertz CT molecular complexity index is 561. The molecule has 0 amide bonds. The molecule has 1 unspecified atom stereocenters. The minimum absolute atomic E-state index is 0.405. The zero-order valence-corrected chi connectivity index (χ0v) is 13.7. The van der Waals surface area contributed by atoms with Crippen LogP contribution in [0.5, 0.6) is 0 Å². The molecule has 0 saturated heterocycles. The van der Waals surface area contributed by atoms with Crippen molar-refractivity contribution < 1.29 is 0 Å². The smallest absolute Gasteiger partial charge is 0.185 e. The largest absolute Gasteiger partial charge is 0.343 e. The molecule has 2 aromatic rings. The van der Waals surface area contributed by atoms with E-state index in [2.05, 4.69) is 40.5 Å². The molecule has 0 spiro atoms. The Balaban J connectivity index is 1.68. The van der Waals surface area contributed by atoms with Gasteiger partial charge in [-0.25, -0.2) is 4.98 Å². The number of hydrogen-bond donors (Lipinski definition) is 1. The molecule has 0 radical (unpaired) electrons. The van der Waals surface area contributed by atoms with E-state index in [0.717, 1.165) is 26.1 Å². The summed E-state index contributed by atoms with van der Waals surface area (Å²) in [6, 6.07) is 2.66. The maximum absolute atomic E-state index is 4.63. The van der Waals surface area contributed by atoms with Crippen LogP contribution in [0.3, 0.4) is 0 Å². The van der Waals surface area contributed by atoms with E-state index in [9.17, 15) is 0 Å². The number of nitrogens with one attached hydrogen (secondary N) is 1. The van der Waals surface area contributed by atoms with Crippen molar-refractivity contribution in [2.45, 2.75) is 39.3 Å². The van der Waals surface area contributed by atoms with Gasteiger partial charge >= 0.3 is 0 Å². The van der Waals surface area contributed by atoms with Gasteiger partial charge in [-0.05, 0) is 43.3 Å². The van der Waals surface area contributed by atoms with Crippen LogP contribution in [0.4, 0.5) is 5.13 Å². The Kier molecular flexibility index (Phi) is 4.38. The minimum Gasteiger partial charge on any atom is -0.343 e. The molecule has 3 rings (SSSR count). The Morgan fingerprint density at radius 2 is 2.40 bits per heavy atom. The van der Waals surface area contributed by atoms with Gasteiger partial charge in [-0.2, -0.15) is 0 Å². The number of aromatic nitrogens is 1. The highest BCUT2D eigenvalue weighted by molar-refractivity contribution is 7.15.